The van der Waals surface area contributed by atoms with Gasteiger partial charge in [0.15, 0.2) is 6.61 Å². The lowest BCUT2D eigenvalue weighted by Gasteiger charge is -2.11. The summed E-state index contributed by atoms with van der Waals surface area (Å²) in [6.07, 6.45) is 6.25. The van der Waals surface area contributed by atoms with E-state index in [-0.39, 0.29) is 24.1 Å². The molecule has 150 valence electrons. The van der Waals surface area contributed by atoms with Gasteiger partial charge >= 0.3 is 5.97 Å². The van der Waals surface area contributed by atoms with Crippen molar-refractivity contribution in [3.05, 3.63) is 26.6 Å². The summed E-state index contributed by atoms with van der Waals surface area (Å²) in [5.74, 6) is 0.266. The molecule has 9 heteroatoms. The summed E-state index contributed by atoms with van der Waals surface area (Å²) in [5, 5.41) is 3.06. The summed E-state index contributed by atoms with van der Waals surface area (Å²) in [4.78, 5) is 45.8. The fourth-order valence-electron chi connectivity index (χ4n) is 3.30. The Morgan fingerprint density at radius 1 is 1.36 bits per heavy atom. The summed E-state index contributed by atoms with van der Waals surface area (Å²) >= 11 is 2.95. The van der Waals surface area contributed by atoms with Crippen molar-refractivity contribution in [2.24, 2.45) is 0 Å². The van der Waals surface area contributed by atoms with Gasteiger partial charge in [-0.3, -0.25) is 14.4 Å². The van der Waals surface area contributed by atoms with Gasteiger partial charge in [-0.25, -0.2) is 4.98 Å². The van der Waals surface area contributed by atoms with Crippen LogP contribution in [0.25, 0.3) is 10.2 Å². The van der Waals surface area contributed by atoms with Crippen LogP contribution in [0.1, 0.15) is 48.9 Å². The first-order chi connectivity index (χ1) is 13.5. The number of ether oxygens (including phenoxy) is 1. The van der Waals surface area contributed by atoms with Gasteiger partial charge < -0.3 is 15.0 Å². The first-order valence-electron chi connectivity index (χ1n) is 9.62. The number of esters is 1. The zero-order chi connectivity index (χ0) is 19.7. The highest BCUT2D eigenvalue weighted by molar-refractivity contribution is 7.99. The molecule has 4 rings (SSSR count). The van der Waals surface area contributed by atoms with Crippen LogP contribution in [0.5, 0.6) is 0 Å². The van der Waals surface area contributed by atoms with Crippen molar-refractivity contribution < 1.29 is 14.3 Å². The summed E-state index contributed by atoms with van der Waals surface area (Å²) in [7, 11) is 0. The Balaban J connectivity index is 1.34. The molecule has 28 heavy (non-hydrogen) atoms. The van der Waals surface area contributed by atoms with Crippen LogP contribution in [-0.2, 0) is 32.9 Å². The van der Waals surface area contributed by atoms with Crippen LogP contribution < -0.4 is 10.9 Å². The topological polar surface area (TPSA) is 101 Å². The maximum Gasteiger partial charge on any atom is 0.319 e. The molecule has 2 aromatic heterocycles. The number of rotatable bonds is 7. The predicted octanol–water partition coefficient (Wildman–Crippen LogP) is 2.31. The first-order valence-corrected chi connectivity index (χ1v) is 11.5. The van der Waals surface area contributed by atoms with E-state index in [4.69, 9.17) is 4.74 Å². The Bertz CT molecular complexity index is 964. The number of thioether (sulfide) groups is 1. The van der Waals surface area contributed by atoms with Crippen LogP contribution in [0.4, 0.5) is 0 Å². The second-order valence-corrected chi connectivity index (χ2v) is 9.72. The monoisotopic (exact) mass is 421 g/mol. The van der Waals surface area contributed by atoms with Gasteiger partial charge in [0.1, 0.15) is 15.9 Å². The average Bonchev–Trinajstić information content (AvgIpc) is 3.40. The number of hydrogen-bond donors (Lipinski definition) is 2. The number of nitrogens with one attached hydrogen (secondary N) is 2. The Hall–Kier alpha value is -1.87. The molecule has 0 aliphatic heterocycles. The number of aromatic amines is 1. The number of hydrogen-bond acceptors (Lipinski definition) is 7. The molecule has 7 nitrogen and oxygen atoms in total. The van der Waals surface area contributed by atoms with Crippen LogP contribution in [0.15, 0.2) is 4.79 Å². The minimum Gasteiger partial charge on any atom is -0.455 e. The van der Waals surface area contributed by atoms with Crippen LogP contribution in [-0.4, -0.2) is 39.7 Å². The Labute approximate surface area is 170 Å². The highest BCUT2D eigenvalue weighted by Crippen LogP contribution is 2.33. The molecule has 0 spiro atoms. The lowest BCUT2D eigenvalue weighted by molar-refractivity contribution is -0.147. The zero-order valence-corrected chi connectivity index (χ0v) is 17.3. The molecule has 0 radical (unpaired) electrons. The Morgan fingerprint density at radius 3 is 2.93 bits per heavy atom. The van der Waals surface area contributed by atoms with E-state index in [0.717, 1.165) is 42.3 Å². The van der Waals surface area contributed by atoms with Gasteiger partial charge in [-0.05, 0) is 51.0 Å². The summed E-state index contributed by atoms with van der Waals surface area (Å²) in [6.45, 7) is 1.48. The lowest BCUT2D eigenvalue weighted by atomic mass is 9.97. The van der Waals surface area contributed by atoms with Gasteiger partial charge in [0.2, 0.25) is 0 Å². The summed E-state index contributed by atoms with van der Waals surface area (Å²) < 4.78 is 5.07. The molecule has 1 amide bonds. The average molecular weight is 422 g/mol. The van der Waals surface area contributed by atoms with Gasteiger partial charge in [0, 0.05) is 10.9 Å². The molecule has 0 unspecified atom stereocenters. The molecule has 2 aromatic rings. The maximum atomic E-state index is 12.5. The van der Waals surface area contributed by atoms with Crippen molar-refractivity contribution in [1.29, 1.82) is 0 Å². The molecule has 1 saturated carbocycles. The molecule has 2 aliphatic carbocycles. The van der Waals surface area contributed by atoms with Gasteiger partial charge in [0.05, 0.1) is 11.1 Å². The molecular formula is C19H23N3O4S2. The number of carbonyl (C=O) groups is 2. The van der Waals surface area contributed by atoms with E-state index in [2.05, 4.69) is 15.3 Å². The number of H-pyrrole nitrogens is 1. The van der Waals surface area contributed by atoms with E-state index in [1.54, 1.807) is 18.3 Å². The second kappa shape index (κ2) is 8.24. The molecule has 0 aromatic carbocycles. The standard InChI is InChI=1S/C19H23N3O4S2/c1-10(19(25)26-8-15(23)20-11-6-7-11)27-9-14-21-17(24)16-12-4-2-3-5-13(12)28-18(16)22-14/h10-11H,2-9H2,1H3,(H,20,23)(H,21,22,24)/t10-/m0/s1. The maximum absolute atomic E-state index is 12.5. The molecule has 2 heterocycles. The van der Waals surface area contributed by atoms with Crippen molar-refractivity contribution >= 4 is 45.2 Å². The predicted molar refractivity (Wildman–Crippen MR) is 110 cm³/mol. The van der Waals surface area contributed by atoms with E-state index >= 15 is 0 Å². The van der Waals surface area contributed by atoms with Gasteiger partial charge in [-0.15, -0.1) is 23.1 Å². The van der Waals surface area contributed by atoms with Crippen molar-refractivity contribution in [3.8, 4) is 0 Å². The zero-order valence-electron chi connectivity index (χ0n) is 15.7. The van der Waals surface area contributed by atoms with E-state index in [1.165, 1.54) is 28.6 Å². The van der Waals surface area contributed by atoms with Gasteiger partial charge in [-0.1, -0.05) is 0 Å². The minimum atomic E-state index is -0.453. The highest BCUT2D eigenvalue weighted by atomic mass is 32.2. The normalized spacial score (nSPS) is 17.2. The Kier molecular flexibility index (Phi) is 5.73. The van der Waals surface area contributed by atoms with Crippen LogP contribution in [0.3, 0.4) is 0 Å². The third-order valence-electron chi connectivity index (χ3n) is 4.96. The molecule has 0 saturated heterocycles. The largest absolute Gasteiger partial charge is 0.455 e. The molecular weight excluding hydrogens is 398 g/mol. The number of carbonyl (C=O) groups excluding carboxylic acids is 2. The summed E-state index contributed by atoms with van der Waals surface area (Å²) in [5.41, 5.74) is 1.08. The molecule has 2 N–H and O–H groups in total. The number of amides is 1. The molecule has 1 fully saturated rings. The van der Waals surface area contributed by atoms with E-state index in [1.807, 2.05) is 0 Å². The SMILES string of the molecule is C[C@H](SCc1nc2sc3c(c2c(=O)[nH]1)CCCC3)C(=O)OCC(=O)NC1CC1. The van der Waals surface area contributed by atoms with E-state index < -0.39 is 11.2 Å². The number of thiophene rings is 1. The van der Waals surface area contributed by atoms with Gasteiger partial charge in [0.25, 0.3) is 11.5 Å². The van der Waals surface area contributed by atoms with Crippen LogP contribution >= 0.6 is 23.1 Å². The second-order valence-electron chi connectivity index (χ2n) is 7.31. The minimum absolute atomic E-state index is 0.0908. The molecule has 0 bridgehead atoms. The lowest BCUT2D eigenvalue weighted by Crippen LogP contribution is -2.31. The molecule has 2 aliphatic rings. The number of fused-ring (bicyclic) bond motifs is 3. The third kappa shape index (κ3) is 4.41. The van der Waals surface area contributed by atoms with E-state index in [0.29, 0.717) is 11.6 Å². The first kappa shape index (κ1) is 19.4. The molecule has 1 atom stereocenters. The van der Waals surface area contributed by atoms with Crippen LogP contribution in [0.2, 0.25) is 0 Å². The van der Waals surface area contributed by atoms with E-state index in [9.17, 15) is 14.4 Å². The number of nitrogens with zero attached hydrogens (tertiary/aromatic N) is 1. The number of aryl methyl sites for hydroxylation is 2. The highest BCUT2D eigenvalue weighted by Gasteiger charge is 2.24. The third-order valence-corrected chi connectivity index (χ3v) is 7.28. The fraction of sp³-hybridized carbons (Fsp3) is 0.579. The smallest absolute Gasteiger partial charge is 0.319 e. The Morgan fingerprint density at radius 2 is 2.14 bits per heavy atom. The van der Waals surface area contributed by atoms with Crippen molar-refractivity contribution in [2.75, 3.05) is 6.61 Å². The van der Waals surface area contributed by atoms with Crippen molar-refractivity contribution in [3.63, 3.8) is 0 Å². The van der Waals surface area contributed by atoms with Crippen molar-refractivity contribution in [1.82, 2.24) is 15.3 Å². The van der Waals surface area contributed by atoms with Crippen molar-refractivity contribution in [2.45, 2.75) is 62.5 Å². The van der Waals surface area contributed by atoms with Crippen LogP contribution in [0, 0.1) is 0 Å². The number of aromatic nitrogens is 2. The quantitative estimate of drug-likeness (QED) is 0.666. The fourth-order valence-corrected chi connectivity index (χ4v) is 5.33. The summed E-state index contributed by atoms with van der Waals surface area (Å²) in [6, 6.07) is 0.249. The van der Waals surface area contributed by atoms with Gasteiger partial charge in [-0.2, -0.15) is 0 Å².